The molecule has 0 N–H and O–H groups in total. The van der Waals surface area contributed by atoms with E-state index in [0.29, 0.717) is 6.54 Å². The normalized spacial score (nSPS) is 16.5. The molecule has 23 heavy (non-hydrogen) atoms. The summed E-state index contributed by atoms with van der Waals surface area (Å²) in [5, 5.41) is 9.14. The van der Waals surface area contributed by atoms with E-state index in [0.717, 1.165) is 38.3 Å². The molecular formula is C18H25N3O2. The fraction of sp³-hybridized carbons (Fsp3) is 0.556. The van der Waals surface area contributed by atoms with E-state index in [9.17, 15) is 4.79 Å². The van der Waals surface area contributed by atoms with Gasteiger partial charge in [0.15, 0.2) is 0 Å². The largest absolute Gasteiger partial charge is 0.497 e. The highest BCUT2D eigenvalue weighted by Crippen LogP contribution is 2.19. The maximum absolute atomic E-state index is 12.4. The van der Waals surface area contributed by atoms with Gasteiger partial charge in [0.1, 0.15) is 11.2 Å². The van der Waals surface area contributed by atoms with Crippen LogP contribution in [0, 0.1) is 16.7 Å². The summed E-state index contributed by atoms with van der Waals surface area (Å²) >= 11 is 0. The van der Waals surface area contributed by atoms with Gasteiger partial charge in [0.25, 0.3) is 0 Å². The average Bonchev–Trinajstić information content (AvgIpc) is 2.80. The first-order chi connectivity index (χ1) is 11.0. The lowest BCUT2D eigenvalue weighted by atomic mass is 9.94. The van der Waals surface area contributed by atoms with Crippen LogP contribution in [-0.2, 0) is 11.3 Å². The van der Waals surface area contributed by atoms with Crippen LogP contribution < -0.4 is 4.74 Å². The predicted molar refractivity (Wildman–Crippen MR) is 88.9 cm³/mol. The van der Waals surface area contributed by atoms with E-state index >= 15 is 0 Å². The molecular weight excluding hydrogens is 290 g/mol. The van der Waals surface area contributed by atoms with Crippen LogP contribution in [-0.4, -0.2) is 49.0 Å². The number of nitriles is 1. The Hall–Kier alpha value is -2.06. The molecule has 1 saturated heterocycles. The zero-order valence-corrected chi connectivity index (χ0v) is 14.2. The molecule has 0 unspecified atom stereocenters. The van der Waals surface area contributed by atoms with Gasteiger partial charge in [0.05, 0.1) is 13.2 Å². The van der Waals surface area contributed by atoms with Gasteiger partial charge in [-0.15, -0.1) is 0 Å². The van der Waals surface area contributed by atoms with Crippen molar-refractivity contribution >= 4 is 5.91 Å². The Kier molecular flexibility index (Phi) is 5.62. The number of amides is 1. The number of hydrogen-bond donors (Lipinski definition) is 0. The molecule has 1 aliphatic rings. The van der Waals surface area contributed by atoms with Gasteiger partial charge in [-0.05, 0) is 38.0 Å². The third-order valence-corrected chi connectivity index (χ3v) is 4.26. The monoisotopic (exact) mass is 315 g/mol. The van der Waals surface area contributed by atoms with Crippen molar-refractivity contribution in [2.45, 2.75) is 26.8 Å². The summed E-state index contributed by atoms with van der Waals surface area (Å²) in [4.78, 5) is 16.6. The summed E-state index contributed by atoms with van der Waals surface area (Å²) in [5.41, 5.74) is 0.299. The second kappa shape index (κ2) is 7.47. The van der Waals surface area contributed by atoms with Crippen molar-refractivity contribution in [3.05, 3.63) is 29.8 Å². The molecule has 0 saturated carbocycles. The van der Waals surface area contributed by atoms with E-state index in [1.165, 1.54) is 5.56 Å². The summed E-state index contributed by atoms with van der Waals surface area (Å²) in [6.07, 6.45) is 0.934. The van der Waals surface area contributed by atoms with Gasteiger partial charge in [-0.3, -0.25) is 9.69 Å². The van der Waals surface area contributed by atoms with Crippen molar-refractivity contribution in [2.75, 3.05) is 33.3 Å². The van der Waals surface area contributed by atoms with Crippen molar-refractivity contribution in [3.8, 4) is 11.8 Å². The van der Waals surface area contributed by atoms with Crippen LogP contribution in [0.1, 0.15) is 25.8 Å². The van der Waals surface area contributed by atoms with E-state index < -0.39 is 5.41 Å². The summed E-state index contributed by atoms with van der Waals surface area (Å²) in [6.45, 7) is 7.45. The quantitative estimate of drug-likeness (QED) is 0.855. The molecule has 124 valence electrons. The summed E-state index contributed by atoms with van der Waals surface area (Å²) < 4.78 is 5.18. The highest BCUT2D eigenvalue weighted by Gasteiger charge is 2.32. The zero-order valence-electron chi connectivity index (χ0n) is 14.2. The van der Waals surface area contributed by atoms with Gasteiger partial charge < -0.3 is 9.64 Å². The second-order valence-corrected chi connectivity index (χ2v) is 6.51. The van der Waals surface area contributed by atoms with E-state index in [1.54, 1.807) is 21.0 Å². The Labute approximate surface area is 138 Å². The fourth-order valence-corrected chi connectivity index (χ4v) is 2.76. The van der Waals surface area contributed by atoms with E-state index in [-0.39, 0.29) is 5.91 Å². The fourth-order valence-electron chi connectivity index (χ4n) is 2.76. The Balaban J connectivity index is 1.93. The molecule has 5 nitrogen and oxygen atoms in total. The number of rotatable bonds is 4. The number of benzene rings is 1. The van der Waals surface area contributed by atoms with Crippen LogP contribution in [0.5, 0.6) is 5.75 Å². The molecule has 1 aromatic carbocycles. The molecule has 1 aromatic rings. The number of hydrogen-bond acceptors (Lipinski definition) is 4. The summed E-state index contributed by atoms with van der Waals surface area (Å²) in [6, 6.07) is 10.2. The van der Waals surface area contributed by atoms with Crippen LogP contribution in [0.25, 0.3) is 0 Å². The zero-order chi connectivity index (χ0) is 16.9. The topological polar surface area (TPSA) is 56.6 Å². The number of carbonyl (C=O) groups is 1. The lowest BCUT2D eigenvalue weighted by Gasteiger charge is -2.26. The number of nitrogens with zero attached hydrogens (tertiary/aromatic N) is 3. The van der Waals surface area contributed by atoms with E-state index in [2.05, 4.69) is 23.1 Å². The molecule has 1 amide bonds. The first-order valence-electron chi connectivity index (χ1n) is 8.02. The number of carbonyl (C=O) groups excluding carboxylic acids is 1. The highest BCUT2D eigenvalue weighted by molar-refractivity contribution is 5.84. The maximum atomic E-state index is 12.4. The maximum Gasteiger partial charge on any atom is 0.242 e. The number of ether oxygens (including phenoxy) is 1. The van der Waals surface area contributed by atoms with Crippen molar-refractivity contribution in [1.29, 1.82) is 5.26 Å². The van der Waals surface area contributed by atoms with Gasteiger partial charge in [0.2, 0.25) is 5.91 Å². The van der Waals surface area contributed by atoms with Gasteiger partial charge in [0, 0.05) is 32.7 Å². The van der Waals surface area contributed by atoms with Crippen LogP contribution in [0.3, 0.4) is 0 Å². The van der Waals surface area contributed by atoms with Gasteiger partial charge in [-0.2, -0.15) is 5.26 Å². The summed E-state index contributed by atoms with van der Waals surface area (Å²) in [7, 11) is 1.66. The average molecular weight is 315 g/mol. The molecule has 0 spiro atoms. The first-order valence-corrected chi connectivity index (χ1v) is 8.02. The van der Waals surface area contributed by atoms with Crippen molar-refractivity contribution < 1.29 is 9.53 Å². The Morgan fingerprint density at radius 2 is 1.91 bits per heavy atom. The minimum Gasteiger partial charge on any atom is -0.497 e. The van der Waals surface area contributed by atoms with E-state index in [1.807, 2.05) is 17.0 Å². The van der Waals surface area contributed by atoms with Crippen molar-refractivity contribution in [2.24, 2.45) is 5.41 Å². The molecule has 0 bridgehead atoms. The third kappa shape index (κ3) is 4.46. The van der Waals surface area contributed by atoms with Gasteiger partial charge in [-0.1, -0.05) is 12.1 Å². The third-order valence-electron chi connectivity index (χ3n) is 4.26. The lowest BCUT2D eigenvalue weighted by Crippen LogP contribution is -2.42. The lowest BCUT2D eigenvalue weighted by molar-refractivity contribution is -0.137. The molecule has 2 rings (SSSR count). The Morgan fingerprint density at radius 1 is 1.22 bits per heavy atom. The minimum atomic E-state index is -0.939. The molecule has 1 fully saturated rings. The molecule has 0 radical (unpaired) electrons. The van der Waals surface area contributed by atoms with Crippen LogP contribution in [0.15, 0.2) is 24.3 Å². The van der Waals surface area contributed by atoms with Crippen LogP contribution in [0.2, 0.25) is 0 Å². The molecule has 1 aliphatic heterocycles. The van der Waals surface area contributed by atoms with Crippen LogP contribution >= 0.6 is 0 Å². The molecule has 1 heterocycles. The van der Waals surface area contributed by atoms with Crippen molar-refractivity contribution in [1.82, 2.24) is 9.80 Å². The Morgan fingerprint density at radius 3 is 2.52 bits per heavy atom. The van der Waals surface area contributed by atoms with Gasteiger partial charge >= 0.3 is 0 Å². The minimum absolute atomic E-state index is 0.0636. The van der Waals surface area contributed by atoms with E-state index in [4.69, 9.17) is 10.00 Å². The summed E-state index contributed by atoms with van der Waals surface area (Å²) in [5.74, 6) is 0.798. The Bertz CT molecular complexity index is 575. The highest BCUT2D eigenvalue weighted by atomic mass is 16.5. The van der Waals surface area contributed by atoms with Crippen LogP contribution in [0.4, 0.5) is 0 Å². The predicted octanol–water partition coefficient (Wildman–Crippen LogP) is 2.28. The smallest absolute Gasteiger partial charge is 0.242 e. The van der Waals surface area contributed by atoms with Crippen molar-refractivity contribution in [3.63, 3.8) is 0 Å². The molecule has 0 atom stereocenters. The SMILES string of the molecule is COc1ccc(CN2CCCN(C(=O)C(C)(C)C#N)CC2)cc1. The second-order valence-electron chi connectivity index (χ2n) is 6.51. The molecule has 0 aromatic heterocycles. The molecule has 0 aliphatic carbocycles. The first kappa shape index (κ1) is 17.3. The standard InChI is InChI=1S/C18H25N3O2/c1-18(2,14-19)17(22)21-10-4-9-20(11-12-21)13-15-5-7-16(23-3)8-6-15/h5-8H,4,9-13H2,1-3H3. The van der Waals surface area contributed by atoms with Gasteiger partial charge in [-0.25, -0.2) is 0 Å². The number of methoxy groups -OCH3 is 1. The molecule has 5 heteroatoms.